The highest BCUT2D eigenvalue weighted by Gasteiger charge is 2.16. The molecule has 0 bridgehead atoms. The van der Waals surface area contributed by atoms with Gasteiger partial charge in [-0.2, -0.15) is 0 Å². The van der Waals surface area contributed by atoms with Crippen LogP contribution < -0.4 is 16.6 Å². The molecule has 1 aromatic carbocycles. The summed E-state index contributed by atoms with van der Waals surface area (Å²) in [5, 5.41) is 18.7. The molecule has 0 radical (unpaired) electrons. The summed E-state index contributed by atoms with van der Waals surface area (Å²) in [7, 11) is 0. The predicted octanol–water partition coefficient (Wildman–Crippen LogP) is 1.55. The van der Waals surface area contributed by atoms with Gasteiger partial charge in [0.1, 0.15) is 0 Å². The van der Waals surface area contributed by atoms with Crippen LogP contribution in [0.2, 0.25) is 10.0 Å². The Kier molecular flexibility index (Phi) is 5.44. The molecule has 0 saturated heterocycles. The van der Waals surface area contributed by atoms with E-state index < -0.39 is 5.97 Å². The van der Waals surface area contributed by atoms with Crippen molar-refractivity contribution in [1.82, 2.24) is 0 Å². The molecular formula is C11H13Cl2N3O3. The highest BCUT2D eigenvalue weighted by Crippen LogP contribution is 2.30. The minimum absolute atomic E-state index is 0.0282. The highest BCUT2D eigenvalue weighted by atomic mass is 35.5. The maximum absolute atomic E-state index is 10.9. The number of carbonyl (C=O) groups is 1. The van der Waals surface area contributed by atoms with E-state index >= 15 is 0 Å². The molecular weight excluding hydrogens is 293 g/mol. The van der Waals surface area contributed by atoms with Crippen molar-refractivity contribution in [2.45, 2.75) is 6.42 Å². The third-order valence-electron chi connectivity index (χ3n) is 2.24. The molecule has 6 nitrogen and oxygen atoms in total. The fraction of sp³-hybridized carbons (Fsp3) is 0.182. The second-order valence-electron chi connectivity index (χ2n) is 3.67. The van der Waals surface area contributed by atoms with E-state index in [0.717, 1.165) is 5.01 Å². The number of aromatic carboxylic acids is 1. The Balaban J connectivity index is 3.10. The molecule has 1 rings (SSSR count). The second-order valence-corrected chi connectivity index (χ2v) is 4.49. The van der Waals surface area contributed by atoms with Gasteiger partial charge in [-0.1, -0.05) is 23.2 Å². The third kappa shape index (κ3) is 4.00. The largest absolute Gasteiger partial charge is 0.478 e. The number of carboxylic acid groups (broad SMARTS) is 1. The molecule has 0 aliphatic heterocycles. The molecule has 0 fully saturated rings. The van der Waals surface area contributed by atoms with Gasteiger partial charge in [-0.25, -0.2) is 10.6 Å². The summed E-state index contributed by atoms with van der Waals surface area (Å²) in [6.45, 7) is -0.102. The van der Waals surface area contributed by atoms with E-state index in [1.165, 1.54) is 18.3 Å². The molecule has 0 heterocycles. The lowest BCUT2D eigenvalue weighted by Crippen LogP contribution is -2.26. The van der Waals surface area contributed by atoms with Crippen LogP contribution in [0.3, 0.4) is 0 Å². The summed E-state index contributed by atoms with van der Waals surface area (Å²) in [6, 6.07) is 2.72. The zero-order valence-corrected chi connectivity index (χ0v) is 11.3. The monoisotopic (exact) mass is 305 g/mol. The van der Waals surface area contributed by atoms with E-state index in [9.17, 15) is 4.79 Å². The lowest BCUT2D eigenvalue weighted by Gasteiger charge is -2.16. The zero-order valence-electron chi connectivity index (χ0n) is 9.81. The Hall–Kier alpha value is -1.47. The highest BCUT2D eigenvalue weighted by molar-refractivity contribution is 6.39. The number of anilines is 1. The first kappa shape index (κ1) is 15.6. The smallest absolute Gasteiger partial charge is 0.338 e. The number of nitrogens with zero attached hydrogens (tertiary/aromatic N) is 1. The van der Waals surface area contributed by atoms with E-state index in [-0.39, 0.29) is 28.6 Å². The number of benzene rings is 1. The number of aliphatic hydroxyl groups excluding tert-OH is 1. The maximum atomic E-state index is 10.9. The molecule has 0 aromatic heterocycles. The predicted molar refractivity (Wildman–Crippen MR) is 74.1 cm³/mol. The van der Waals surface area contributed by atoms with Crippen LogP contribution in [-0.4, -0.2) is 22.8 Å². The van der Waals surface area contributed by atoms with Gasteiger partial charge in [0.2, 0.25) is 0 Å². The van der Waals surface area contributed by atoms with Crippen LogP contribution in [0.5, 0.6) is 0 Å². The van der Waals surface area contributed by atoms with Gasteiger partial charge in [-0.3, -0.25) is 5.01 Å². The lowest BCUT2D eigenvalue weighted by molar-refractivity contribution is 0.0697. The molecule has 0 aliphatic carbocycles. The number of aliphatic hydroxyl groups is 1. The van der Waals surface area contributed by atoms with E-state index in [4.69, 9.17) is 45.0 Å². The van der Waals surface area contributed by atoms with Crippen molar-refractivity contribution < 1.29 is 15.0 Å². The van der Waals surface area contributed by atoms with Crippen molar-refractivity contribution in [3.63, 3.8) is 0 Å². The minimum atomic E-state index is -1.22. The van der Waals surface area contributed by atoms with Gasteiger partial charge >= 0.3 is 5.97 Å². The number of hydrogen-bond acceptors (Lipinski definition) is 5. The first-order chi connectivity index (χ1) is 8.86. The third-order valence-corrected chi connectivity index (χ3v) is 2.84. The van der Waals surface area contributed by atoms with Gasteiger partial charge < -0.3 is 15.9 Å². The van der Waals surface area contributed by atoms with E-state index in [2.05, 4.69) is 0 Å². The SMILES string of the molecule is N/C(=C\N(N)c1cc(Cl)c(C(=O)O)c(Cl)c1)CCO. The summed E-state index contributed by atoms with van der Waals surface area (Å²) in [6.07, 6.45) is 1.65. The van der Waals surface area contributed by atoms with E-state index in [1.807, 2.05) is 0 Å². The number of nitrogens with two attached hydrogens (primary N) is 2. The van der Waals surface area contributed by atoms with Crippen LogP contribution in [0.4, 0.5) is 5.69 Å². The van der Waals surface area contributed by atoms with Gasteiger partial charge in [-0.05, 0) is 12.1 Å². The number of hydrazine groups is 1. The zero-order chi connectivity index (χ0) is 14.6. The van der Waals surface area contributed by atoms with Crippen molar-refractivity contribution in [1.29, 1.82) is 0 Å². The average molecular weight is 306 g/mol. The van der Waals surface area contributed by atoms with Crippen LogP contribution in [0.1, 0.15) is 16.8 Å². The van der Waals surface area contributed by atoms with E-state index in [1.54, 1.807) is 0 Å². The Bertz CT molecular complexity index is 497. The molecule has 0 atom stereocenters. The first-order valence-electron chi connectivity index (χ1n) is 5.20. The number of carboxylic acids is 1. The molecule has 8 heteroatoms. The number of hydrogen-bond donors (Lipinski definition) is 4. The molecule has 0 spiro atoms. The number of rotatable bonds is 5. The van der Waals surface area contributed by atoms with Crippen molar-refractivity contribution in [3.05, 3.63) is 39.6 Å². The number of halogens is 2. The lowest BCUT2D eigenvalue weighted by atomic mass is 10.2. The fourth-order valence-corrected chi connectivity index (χ4v) is 2.00. The second kappa shape index (κ2) is 6.63. The normalized spacial score (nSPS) is 11.5. The van der Waals surface area contributed by atoms with Crippen molar-refractivity contribution >= 4 is 34.9 Å². The van der Waals surface area contributed by atoms with E-state index in [0.29, 0.717) is 11.4 Å². The maximum Gasteiger partial charge on any atom is 0.338 e. The average Bonchev–Trinajstić information content (AvgIpc) is 2.27. The molecule has 104 valence electrons. The van der Waals surface area contributed by atoms with Crippen molar-refractivity contribution in [2.24, 2.45) is 11.6 Å². The van der Waals surface area contributed by atoms with Gasteiger partial charge in [0, 0.05) is 24.9 Å². The van der Waals surface area contributed by atoms with Crippen LogP contribution in [0, 0.1) is 0 Å². The summed E-state index contributed by atoms with van der Waals surface area (Å²) >= 11 is 11.7. The molecule has 1 aromatic rings. The van der Waals surface area contributed by atoms with Gasteiger partial charge in [-0.15, -0.1) is 0 Å². The van der Waals surface area contributed by atoms with Crippen molar-refractivity contribution in [3.8, 4) is 0 Å². The topological polar surface area (TPSA) is 113 Å². The standard InChI is InChI=1S/C11H13Cl2N3O3/c12-8-3-7(4-9(13)10(8)11(18)19)16(15)5-6(14)1-2-17/h3-5,17H,1-2,14-15H2,(H,18,19)/b6-5-. The van der Waals surface area contributed by atoms with Crippen molar-refractivity contribution in [2.75, 3.05) is 11.6 Å². The van der Waals surface area contributed by atoms with Gasteiger partial charge in [0.25, 0.3) is 0 Å². The van der Waals surface area contributed by atoms with Crippen LogP contribution in [0.15, 0.2) is 24.0 Å². The van der Waals surface area contributed by atoms with Crippen LogP contribution in [-0.2, 0) is 0 Å². The molecule has 6 N–H and O–H groups in total. The summed E-state index contributed by atoms with van der Waals surface area (Å²) in [4.78, 5) is 10.9. The summed E-state index contributed by atoms with van der Waals surface area (Å²) in [5.41, 5.74) is 6.15. The molecule has 0 aliphatic rings. The van der Waals surface area contributed by atoms with Gasteiger partial charge in [0.15, 0.2) is 0 Å². The van der Waals surface area contributed by atoms with Crippen LogP contribution >= 0.6 is 23.2 Å². The summed E-state index contributed by atoms with van der Waals surface area (Å²) in [5.74, 6) is 4.50. The molecule has 0 unspecified atom stereocenters. The quantitative estimate of drug-likeness (QED) is 0.485. The Morgan fingerprint density at radius 2 is 1.89 bits per heavy atom. The first-order valence-corrected chi connectivity index (χ1v) is 5.95. The Morgan fingerprint density at radius 1 is 1.37 bits per heavy atom. The summed E-state index contributed by atoms with van der Waals surface area (Å²) < 4.78 is 0. The minimum Gasteiger partial charge on any atom is -0.478 e. The fourth-order valence-electron chi connectivity index (χ4n) is 1.36. The molecule has 0 amide bonds. The Morgan fingerprint density at radius 3 is 2.32 bits per heavy atom. The Labute approximate surface area is 119 Å². The van der Waals surface area contributed by atoms with Gasteiger partial charge in [0.05, 0.1) is 21.3 Å². The molecule has 19 heavy (non-hydrogen) atoms. The van der Waals surface area contributed by atoms with Crippen LogP contribution in [0.25, 0.3) is 0 Å². The molecule has 0 saturated carbocycles.